The fraction of sp³-hybridized carbons (Fsp3) is 1.00. The SMILES string of the molecule is CCC(OCCC(C)OC(CC)OC1(CC)OCC(C)O1)OC1(CC)OCC(C)O1. The lowest BCUT2D eigenvalue weighted by Crippen LogP contribution is -2.40. The van der Waals surface area contributed by atoms with Crippen molar-refractivity contribution in [1.82, 2.24) is 0 Å². The van der Waals surface area contributed by atoms with Crippen molar-refractivity contribution in [3.05, 3.63) is 0 Å². The Kier molecular flexibility index (Phi) is 10.4. The quantitative estimate of drug-likeness (QED) is 0.375. The van der Waals surface area contributed by atoms with Crippen molar-refractivity contribution in [2.75, 3.05) is 19.8 Å². The van der Waals surface area contributed by atoms with Gasteiger partial charge in [-0.25, -0.2) is 0 Å². The van der Waals surface area contributed by atoms with E-state index < -0.39 is 24.5 Å². The van der Waals surface area contributed by atoms with Crippen LogP contribution in [-0.2, 0) is 37.9 Å². The molecule has 0 aromatic rings. The van der Waals surface area contributed by atoms with Crippen molar-refractivity contribution in [1.29, 1.82) is 0 Å². The van der Waals surface area contributed by atoms with Gasteiger partial charge in [-0.15, -0.1) is 0 Å². The maximum absolute atomic E-state index is 6.08. The number of hydrogen-bond acceptors (Lipinski definition) is 8. The summed E-state index contributed by atoms with van der Waals surface area (Å²) in [5.74, 6) is -2.01. The lowest BCUT2D eigenvalue weighted by Gasteiger charge is -2.32. The van der Waals surface area contributed by atoms with Crippen LogP contribution in [0.1, 0.15) is 80.6 Å². The molecular weight excluding hydrogens is 392 g/mol. The first kappa shape index (κ1) is 25.9. The Morgan fingerprint density at radius 2 is 1.33 bits per heavy atom. The molecule has 2 aliphatic heterocycles. The van der Waals surface area contributed by atoms with Gasteiger partial charge in [-0.2, -0.15) is 0 Å². The normalized spacial score (nSPS) is 34.9. The summed E-state index contributed by atoms with van der Waals surface area (Å²) in [6.45, 7) is 15.5. The summed E-state index contributed by atoms with van der Waals surface area (Å²) >= 11 is 0. The number of hydrogen-bond donors (Lipinski definition) is 0. The fourth-order valence-corrected chi connectivity index (χ4v) is 3.43. The molecule has 30 heavy (non-hydrogen) atoms. The van der Waals surface area contributed by atoms with Gasteiger partial charge in [0.2, 0.25) is 0 Å². The molecule has 0 aromatic carbocycles. The summed E-state index contributed by atoms with van der Waals surface area (Å²) < 4.78 is 47.2. The highest BCUT2D eigenvalue weighted by Gasteiger charge is 2.43. The third-order valence-electron chi connectivity index (χ3n) is 5.20. The molecule has 8 heteroatoms. The fourth-order valence-electron chi connectivity index (χ4n) is 3.43. The predicted molar refractivity (Wildman–Crippen MR) is 110 cm³/mol. The largest absolute Gasteiger partial charge is 0.352 e. The average molecular weight is 435 g/mol. The molecule has 2 saturated heterocycles. The second-order valence-electron chi connectivity index (χ2n) is 8.07. The van der Waals surface area contributed by atoms with Gasteiger partial charge >= 0.3 is 0 Å². The van der Waals surface area contributed by atoms with Crippen molar-refractivity contribution in [3.63, 3.8) is 0 Å². The third-order valence-corrected chi connectivity index (χ3v) is 5.20. The Morgan fingerprint density at radius 3 is 1.73 bits per heavy atom. The van der Waals surface area contributed by atoms with Gasteiger partial charge in [0, 0.05) is 12.8 Å². The van der Waals surface area contributed by atoms with Gasteiger partial charge in [-0.05, 0) is 40.0 Å². The van der Waals surface area contributed by atoms with E-state index in [1.807, 2.05) is 48.5 Å². The second kappa shape index (κ2) is 12.1. The van der Waals surface area contributed by atoms with Crippen LogP contribution in [0.25, 0.3) is 0 Å². The first-order chi connectivity index (χ1) is 14.3. The summed E-state index contributed by atoms with van der Waals surface area (Å²) in [5, 5.41) is 0. The minimum Gasteiger partial charge on any atom is -0.352 e. The van der Waals surface area contributed by atoms with Crippen LogP contribution in [-0.4, -0.2) is 62.7 Å². The monoisotopic (exact) mass is 434 g/mol. The summed E-state index contributed by atoms with van der Waals surface area (Å²) in [4.78, 5) is 0. The molecule has 0 aromatic heterocycles. The molecule has 0 radical (unpaired) electrons. The molecule has 0 bridgehead atoms. The first-order valence-electron chi connectivity index (χ1n) is 11.5. The first-order valence-corrected chi connectivity index (χ1v) is 11.5. The average Bonchev–Trinajstić information content (AvgIpc) is 3.29. The van der Waals surface area contributed by atoms with E-state index in [-0.39, 0.29) is 18.3 Å². The van der Waals surface area contributed by atoms with Gasteiger partial charge in [-0.1, -0.05) is 27.7 Å². The molecule has 2 rings (SSSR count). The highest BCUT2D eigenvalue weighted by atomic mass is 16.9. The lowest BCUT2D eigenvalue weighted by molar-refractivity contribution is -0.391. The van der Waals surface area contributed by atoms with E-state index in [0.29, 0.717) is 51.9 Å². The van der Waals surface area contributed by atoms with Gasteiger partial charge in [0.25, 0.3) is 11.9 Å². The standard InChI is InChI=1S/C22H42O8/c1-8-19(29-21(10-3)24-14-17(6)27-21)23-13-12-16(5)26-20(9-2)30-22(11-4)25-15-18(7)28-22/h16-20H,8-15H2,1-7H3. The predicted octanol–water partition coefficient (Wildman–Crippen LogP) is 4.30. The molecule has 7 unspecified atom stereocenters. The Balaban J connectivity index is 1.75. The summed E-state index contributed by atoms with van der Waals surface area (Å²) in [7, 11) is 0. The highest BCUT2D eigenvalue weighted by molar-refractivity contribution is 4.69. The Labute approximate surface area is 181 Å². The van der Waals surface area contributed by atoms with Gasteiger partial charge in [0.15, 0.2) is 12.6 Å². The van der Waals surface area contributed by atoms with Gasteiger partial charge in [0.05, 0.1) is 38.1 Å². The Bertz CT molecular complexity index is 492. The van der Waals surface area contributed by atoms with E-state index in [9.17, 15) is 0 Å². The van der Waals surface area contributed by atoms with Crippen LogP contribution in [0.15, 0.2) is 0 Å². The van der Waals surface area contributed by atoms with Crippen molar-refractivity contribution in [2.45, 2.75) is 123 Å². The topological polar surface area (TPSA) is 73.8 Å². The van der Waals surface area contributed by atoms with Crippen LogP contribution in [0.2, 0.25) is 0 Å². The highest BCUT2D eigenvalue weighted by Crippen LogP contribution is 2.32. The van der Waals surface area contributed by atoms with E-state index in [4.69, 9.17) is 37.9 Å². The third kappa shape index (κ3) is 7.38. The zero-order chi connectivity index (χ0) is 22.2. The van der Waals surface area contributed by atoms with E-state index in [2.05, 4.69) is 0 Å². The minimum absolute atomic E-state index is 0.0153. The van der Waals surface area contributed by atoms with Crippen LogP contribution in [0.3, 0.4) is 0 Å². The molecule has 0 spiro atoms. The second-order valence-corrected chi connectivity index (χ2v) is 8.07. The number of ether oxygens (including phenoxy) is 8. The Morgan fingerprint density at radius 1 is 0.833 bits per heavy atom. The van der Waals surface area contributed by atoms with E-state index in [0.717, 1.165) is 0 Å². The molecule has 2 heterocycles. The molecule has 2 fully saturated rings. The maximum atomic E-state index is 6.08. The minimum atomic E-state index is -1.01. The van der Waals surface area contributed by atoms with Crippen molar-refractivity contribution < 1.29 is 37.9 Å². The molecule has 8 nitrogen and oxygen atoms in total. The van der Waals surface area contributed by atoms with Gasteiger partial charge in [-0.3, -0.25) is 9.47 Å². The summed E-state index contributed by atoms with van der Waals surface area (Å²) in [5.41, 5.74) is 0. The van der Waals surface area contributed by atoms with Crippen LogP contribution in [0.4, 0.5) is 0 Å². The van der Waals surface area contributed by atoms with Gasteiger partial charge in [0.1, 0.15) is 0 Å². The molecule has 0 saturated carbocycles. The van der Waals surface area contributed by atoms with Crippen molar-refractivity contribution in [2.24, 2.45) is 0 Å². The van der Waals surface area contributed by atoms with E-state index in [1.54, 1.807) is 0 Å². The number of rotatable bonds is 14. The molecule has 0 amide bonds. The summed E-state index contributed by atoms with van der Waals surface area (Å²) in [6.07, 6.45) is 2.48. The lowest BCUT2D eigenvalue weighted by atomic mass is 10.3. The molecular formula is C22H42O8. The molecule has 0 aliphatic carbocycles. The summed E-state index contributed by atoms with van der Waals surface area (Å²) in [6, 6.07) is 0. The smallest absolute Gasteiger partial charge is 0.285 e. The zero-order valence-corrected chi connectivity index (χ0v) is 19.8. The van der Waals surface area contributed by atoms with Crippen LogP contribution < -0.4 is 0 Å². The van der Waals surface area contributed by atoms with Gasteiger partial charge < -0.3 is 28.4 Å². The van der Waals surface area contributed by atoms with Crippen LogP contribution >= 0.6 is 0 Å². The molecule has 178 valence electrons. The van der Waals surface area contributed by atoms with Crippen molar-refractivity contribution in [3.8, 4) is 0 Å². The van der Waals surface area contributed by atoms with Crippen LogP contribution in [0, 0.1) is 0 Å². The van der Waals surface area contributed by atoms with Crippen molar-refractivity contribution >= 4 is 0 Å². The molecule has 0 N–H and O–H groups in total. The molecule has 2 aliphatic rings. The van der Waals surface area contributed by atoms with E-state index >= 15 is 0 Å². The van der Waals surface area contributed by atoms with E-state index in [1.165, 1.54) is 0 Å². The Hall–Kier alpha value is -0.320. The zero-order valence-electron chi connectivity index (χ0n) is 19.8. The maximum Gasteiger partial charge on any atom is 0.285 e. The molecule has 7 atom stereocenters. The van der Waals surface area contributed by atoms with Crippen LogP contribution in [0.5, 0.6) is 0 Å².